The van der Waals surface area contributed by atoms with Crippen LogP contribution in [0.2, 0.25) is 0 Å². The molecule has 0 aromatic heterocycles. The topological polar surface area (TPSA) is 9.23 Å². The van der Waals surface area contributed by atoms with Gasteiger partial charge in [0.1, 0.15) is 11.4 Å². The molecule has 0 fully saturated rings. The quantitative estimate of drug-likeness (QED) is 0.692. The van der Waals surface area contributed by atoms with Crippen molar-refractivity contribution >= 4 is 0 Å². The summed E-state index contributed by atoms with van der Waals surface area (Å²) < 4.78 is 6.36. The first-order valence-corrected chi connectivity index (χ1v) is 7.98. The van der Waals surface area contributed by atoms with Crippen LogP contribution in [0.5, 0.6) is 5.75 Å². The van der Waals surface area contributed by atoms with E-state index in [0.717, 1.165) is 5.75 Å². The molecule has 0 bridgehead atoms. The van der Waals surface area contributed by atoms with Gasteiger partial charge in [-0.05, 0) is 42.7 Å². The molecular weight excluding hydrogens is 244 g/mol. The summed E-state index contributed by atoms with van der Waals surface area (Å²) in [5.74, 6) is 2.77. The second kappa shape index (κ2) is 5.09. The van der Waals surface area contributed by atoms with Crippen LogP contribution in [0.4, 0.5) is 0 Å². The van der Waals surface area contributed by atoms with Crippen molar-refractivity contribution in [3.8, 4) is 5.75 Å². The van der Waals surface area contributed by atoms with Gasteiger partial charge in [-0.2, -0.15) is 0 Å². The zero-order valence-electron chi connectivity index (χ0n) is 14.2. The van der Waals surface area contributed by atoms with Gasteiger partial charge in [0.15, 0.2) is 0 Å². The molecule has 1 aromatic carbocycles. The van der Waals surface area contributed by atoms with Gasteiger partial charge in [0, 0.05) is 5.92 Å². The van der Waals surface area contributed by atoms with E-state index in [1.54, 1.807) is 0 Å². The van der Waals surface area contributed by atoms with Gasteiger partial charge in [0.25, 0.3) is 0 Å². The lowest BCUT2D eigenvalue weighted by molar-refractivity contribution is -0.0397. The monoisotopic (exact) mass is 274 g/mol. The maximum absolute atomic E-state index is 6.36. The number of benzene rings is 1. The zero-order chi connectivity index (χ0) is 15.1. The van der Waals surface area contributed by atoms with Crippen molar-refractivity contribution in [2.45, 2.75) is 66.4 Å². The van der Waals surface area contributed by atoms with Gasteiger partial charge in [0.2, 0.25) is 0 Å². The normalized spacial score (nSPS) is 25.2. The highest BCUT2D eigenvalue weighted by molar-refractivity contribution is 5.41. The smallest absolute Gasteiger partial charge is 0.123 e. The summed E-state index contributed by atoms with van der Waals surface area (Å²) in [7, 11) is 0. The van der Waals surface area contributed by atoms with Crippen LogP contribution in [0.25, 0.3) is 0 Å². The van der Waals surface area contributed by atoms with Crippen molar-refractivity contribution in [1.29, 1.82) is 0 Å². The summed E-state index contributed by atoms with van der Waals surface area (Å²) in [6.07, 6.45) is 1.19. The van der Waals surface area contributed by atoms with E-state index in [4.69, 9.17) is 4.74 Å². The zero-order valence-corrected chi connectivity index (χ0v) is 14.2. The van der Waals surface area contributed by atoms with Gasteiger partial charge >= 0.3 is 0 Å². The molecule has 0 N–H and O–H groups in total. The van der Waals surface area contributed by atoms with E-state index in [2.05, 4.69) is 72.7 Å². The Labute approximate surface area is 124 Å². The minimum atomic E-state index is -0.111. The van der Waals surface area contributed by atoms with Crippen LogP contribution in [-0.2, 0) is 0 Å². The van der Waals surface area contributed by atoms with Gasteiger partial charge in [-0.15, -0.1) is 0 Å². The summed E-state index contributed by atoms with van der Waals surface area (Å²) >= 11 is 0. The number of hydrogen-bond donors (Lipinski definition) is 0. The first kappa shape index (κ1) is 15.4. The molecule has 0 saturated carbocycles. The Morgan fingerprint density at radius 2 is 1.80 bits per heavy atom. The molecule has 1 nitrogen and oxygen atoms in total. The highest BCUT2D eigenvalue weighted by atomic mass is 16.5. The lowest BCUT2D eigenvalue weighted by Gasteiger charge is -2.52. The Morgan fingerprint density at radius 1 is 1.20 bits per heavy atom. The minimum Gasteiger partial charge on any atom is -0.487 e. The fourth-order valence-corrected chi connectivity index (χ4v) is 4.09. The summed E-state index contributed by atoms with van der Waals surface area (Å²) in [5, 5.41) is 0. The predicted octanol–water partition coefficient (Wildman–Crippen LogP) is 5.65. The molecule has 1 aromatic rings. The van der Waals surface area contributed by atoms with Crippen molar-refractivity contribution < 1.29 is 4.74 Å². The molecule has 2 rings (SSSR count). The summed E-state index contributed by atoms with van der Waals surface area (Å²) in [6, 6.07) is 8.63. The van der Waals surface area contributed by atoms with E-state index in [1.165, 1.54) is 12.0 Å². The Balaban J connectivity index is 2.62. The van der Waals surface area contributed by atoms with E-state index in [0.29, 0.717) is 17.8 Å². The molecule has 0 amide bonds. The molecule has 1 heterocycles. The number of ether oxygens (including phenoxy) is 1. The highest BCUT2D eigenvalue weighted by Gasteiger charge is 2.49. The Bertz CT molecular complexity index is 470. The third kappa shape index (κ3) is 2.47. The van der Waals surface area contributed by atoms with Gasteiger partial charge in [-0.25, -0.2) is 0 Å². The first-order valence-electron chi connectivity index (χ1n) is 7.98. The van der Waals surface area contributed by atoms with E-state index in [1.807, 2.05) is 0 Å². The number of hydrogen-bond acceptors (Lipinski definition) is 1. The van der Waals surface area contributed by atoms with E-state index in [9.17, 15) is 0 Å². The lowest BCUT2D eigenvalue weighted by Crippen LogP contribution is -2.50. The largest absolute Gasteiger partial charge is 0.487 e. The third-order valence-corrected chi connectivity index (χ3v) is 5.26. The van der Waals surface area contributed by atoms with Crippen molar-refractivity contribution in [3.05, 3.63) is 29.8 Å². The lowest BCUT2D eigenvalue weighted by atomic mass is 9.59. The molecular formula is C19H30O. The standard InChI is InChI=1S/C19H30O/c1-8-18(4,5)17-14-11-9-10-12-15(14)20-19(6,7)16(17)13(2)3/h9-13,16-17H,8H2,1-7H3. The average Bonchev–Trinajstić information content (AvgIpc) is 2.35. The van der Waals surface area contributed by atoms with Crippen LogP contribution in [0.3, 0.4) is 0 Å². The fraction of sp³-hybridized carbons (Fsp3) is 0.684. The Hall–Kier alpha value is -0.980. The van der Waals surface area contributed by atoms with Gasteiger partial charge in [-0.3, -0.25) is 0 Å². The van der Waals surface area contributed by atoms with Crippen LogP contribution < -0.4 is 4.74 Å². The molecule has 0 spiro atoms. The molecule has 0 saturated heterocycles. The maximum atomic E-state index is 6.36. The number of rotatable bonds is 3. The average molecular weight is 274 g/mol. The molecule has 1 aliphatic heterocycles. The third-order valence-electron chi connectivity index (χ3n) is 5.26. The van der Waals surface area contributed by atoms with Crippen LogP contribution in [0.1, 0.15) is 66.4 Å². The fourth-order valence-electron chi connectivity index (χ4n) is 4.09. The molecule has 0 aliphatic carbocycles. The first-order chi connectivity index (χ1) is 9.20. The van der Waals surface area contributed by atoms with E-state index >= 15 is 0 Å². The van der Waals surface area contributed by atoms with Gasteiger partial charge < -0.3 is 4.74 Å². The second-order valence-corrected chi connectivity index (χ2v) is 7.83. The minimum absolute atomic E-state index is 0.111. The van der Waals surface area contributed by atoms with Crippen LogP contribution >= 0.6 is 0 Å². The SMILES string of the molecule is CCC(C)(C)C1c2ccccc2OC(C)(C)C1C(C)C. The molecule has 1 heteroatoms. The van der Waals surface area contributed by atoms with Crippen molar-refractivity contribution in [2.24, 2.45) is 17.3 Å². The van der Waals surface area contributed by atoms with Crippen molar-refractivity contribution in [2.75, 3.05) is 0 Å². The Morgan fingerprint density at radius 3 is 2.35 bits per heavy atom. The van der Waals surface area contributed by atoms with Crippen LogP contribution in [-0.4, -0.2) is 5.60 Å². The molecule has 2 atom stereocenters. The van der Waals surface area contributed by atoms with Crippen LogP contribution in [0.15, 0.2) is 24.3 Å². The molecule has 0 radical (unpaired) electrons. The summed E-state index contributed by atoms with van der Waals surface area (Å²) in [4.78, 5) is 0. The highest BCUT2D eigenvalue weighted by Crippen LogP contribution is 2.55. The second-order valence-electron chi connectivity index (χ2n) is 7.83. The predicted molar refractivity (Wildman–Crippen MR) is 86.3 cm³/mol. The van der Waals surface area contributed by atoms with E-state index < -0.39 is 0 Å². The summed E-state index contributed by atoms with van der Waals surface area (Å²) in [6.45, 7) is 16.3. The number of para-hydroxylation sites is 1. The van der Waals surface area contributed by atoms with Gasteiger partial charge in [-0.1, -0.05) is 59.2 Å². The molecule has 1 aliphatic rings. The summed E-state index contributed by atoms with van der Waals surface area (Å²) in [5.41, 5.74) is 1.57. The molecule has 2 unspecified atom stereocenters. The van der Waals surface area contributed by atoms with Gasteiger partial charge in [0.05, 0.1) is 0 Å². The molecule has 20 heavy (non-hydrogen) atoms. The van der Waals surface area contributed by atoms with E-state index in [-0.39, 0.29) is 11.0 Å². The van der Waals surface area contributed by atoms with Crippen molar-refractivity contribution in [1.82, 2.24) is 0 Å². The molecule has 112 valence electrons. The van der Waals surface area contributed by atoms with Crippen LogP contribution in [0, 0.1) is 17.3 Å². The number of fused-ring (bicyclic) bond motifs is 1. The Kier molecular flexibility index (Phi) is 3.92. The maximum Gasteiger partial charge on any atom is 0.123 e. The van der Waals surface area contributed by atoms with Crippen molar-refractivity contribution in [3.63, 3.8) is 0 Å².